The zero-order valence-corrected chi connectivity index (χ0v) is 13.3. The molecule has 1 unspecified atom stereocenters. The van der Waals surface area contributed by atoms with E-state index in [0.29, 0.717) is 25.7 Å². The van der Waals surface area contributed by atoms with E-state index in [1.807, 2.05) is 38.2 Å². The van der Waals surface area contributed by atoms with Gasteiger partial charge in [-0.05, 0) is 57.4 Å². The molecule has 1 aromatic carbocycles. The highest BCUT2D eigenvalue weighted by molar-refractivity contribution is 5.78. The fraction of sp³-hybridized carbons (Fsp3) is 0.588. The second kappa shape index (κ2) is 7.46. The Morgan fingerprint density at radius 2 is 2.24 bits per heavy atom. The van der Waals surface area contributed by atoms with Crippen LogP contribution in [-0.2, 0) is 11.3 Å². The van der Waals surface area contributed by atoms with Gasteiger partial charge in [0.15, 0.2) is 0 Å². The maximum atomic E-state index is 12.0. The van der Waals surface area contributed by atoms with Crippen LogP contribution in [0.4, 0.5) is 0 Å². The lowest BCUT2D eigenvalue weighted by atomic mass is 10.2. The van der Waals surface area contributed by atoms with E-state index in [2.05, 4.69) is 17.1 Å². The van der Waals surface area contributed by atoms with Crippen LogP contribution in [0.1, 0.15) is 32.3 Å². The molecular formula is C17H26N2O2. The van der Waals surface area contributed by atoms with Gasteiger partial charge in [0.25, 0.3) is 0 Å². The van der Waals surface area contributed by atoms with Crippen LogP contribution in [0.3, 0.4) is 0 Å². The monoisotopic (exact) mass is 290 g/mol. The minimum Gasteiger partial charge on any atom is -0.494 e. The van der Waals surface area contributed by atoms with Gasteiger partial charge in [-0.2, -0.15) is 0 Å². The van der Waals surface area contributed by atoms with Crippen molar-refractivity contribution in [1.29, 1.82) is 0 Å². The van der Waals surface area contributed by atoms with E-state index in [-0.39, 0.29) is 5.91 Å². The molecule has 0 radical (unpaired) electrons. The molecule has 1 aromatic rings. The van der Waals surface area contributed by atoms with Crippen molar-refractivity contribution in [3.63, 3.8) is 0 Å². The van der Waals surface area contributed by atoms with Gasteiger partial charge in [0.2, 0.25) is 5.91 Å². The molecule has 1 saturated carbocycles. The molecule has 21 heavy (non-hydrogen) atoms. The molecule has 2 rings (SSSR count). The zero-order valence-electron chi connectivity index (χ0n) is 13.3. The van der Waals surface area contributed by atoms with Crippen molar-refractivity contribution in [2.75, 3.05) is 20.2 Å². The number of hydrogen-bond donors (Lipinski definition) is 1. The summed E-state index contributed by atoms with van der Waals surface area (Å²) in [5, 5.41) is 2.98. The number of hydrogen-bond acceptors (Lipinski definition) is 3. The van der Waals surface area contributed by atoms with Crippen molar-refractivity contribution in [2.24, 2.45) is 5.92 Å². The first kappa shape index (κ1) is 15.8. The van der Waals surface area contributed by atoms with Crippen molar-refractivity contribution in [1.82, 2.24) is 10.2 Å². The Kier molecular flexibility index (Phi) is 5.62. The fourth-order valence-corrected chi connectivity index (χ4v) is 2.48. The van der Waals surface area contributed by atoms with Gasteiger partial charge in [-0.1, -0.05) is 12.1 Å². The second-order valence-corrected chi connectivity index (χ2v) is 5.85. The molecule has 1 fully saturated rings. The predicted octanol–water partition coefficient (Wildman–Crippen LogP) is 2.43. The molecule has 0 bridgehead atoms. The molecule has 0 heterocycles. The minimum atomic E-state index is 0.0758. The summed E-state index contributed by atoms with van der Waals surface area (Å²) in [6, 6.07) is 8.35. The van der Waals surface area contributed by atoms with Crippen LogP contribution in [0, 0.1) is 5.92 Å². The maximum Gasteiger partial charge on any atom is 0.234 e. The maximum absolute atomic E-state index is 12.0. The van der Waals surface area contributed by atoms with Crippen molar-refractivity contribution in [3.8, 4) is 5.75 Å². The molecule has 116 valence electrons. The Labute approximate surface area is 127 Å². The van der Waals surface area contributed by atoms with Crippen molar-refractivity contribution < 1.29 is 9.53 Å². The number of benzene rings is 1. The van der Waals surface area contributed by atoms with Gasteiger partial charge in [-0.15, -0.1) is 0 Å². The summed E-state index contributed by atoms with van der Waals surface area (Å²) in [5.74, 6) is 1.71. The van der Waals surface area contributed by atoms with Crippen molar-refractivity contribution in [3.05, 3.63) is 29.8 Å². The lowest BCUT2D eigenvalue weighted by Crippen LogP contribution is -2.40. The topological polar surface area (TPSA) is 41.6 Å². The molecule has 1 aliphatic carbocycles. The molecule has 0 aliphatic heterocycles. The number of nitrogens with one attached hydrogen (secondary N) is 1. The molecule has 0 aromatic heterocycles. The molecule has 4 nitrogen and oxygen atoms in total. The van der Waals surface area contributed by atoms with E-state index >= 15 is 0 Å². The van der Waals surface area contributed by atoms with Crippen LogP contribution in [-0.4, -0.2) is 37.0 Å². The highest BCUT2D eigenvalue weighted by Crippen LogP contribution is 2.34. The smallest absolute Gasteiger partial charge is 0.234 e. The summed E-state index contributed by atoms with van der Waals surface area (Å²) in [6.07, 6.45) is 2.61. The van der Waals surface area contributed by atoms with Crippen LogP contribution in [0.2, 0.25) is 0 Å². The summed E-state index contributed by atoms with van der Waals surface area (Å²) in [6.45, 7) is 5.83. The first-order valence-corrected chi connectivity index (χ1v) is 7.78. The van der Waals surface area contributed by atoms with Gasteiger partial charge in [0.05, 0.1) is 13.2 Å². The van der Waals surface area contributed by atoms with Crippen molar-refractivity contribution in [2.45, 2.75) is 39.3 Å². The third-order valence-corrected chi connectivity index (χ3v) is 4.09. The van der Waals surface area contributed by atoms with Crippen LogP contribution in [0.5, 0.6) is 5.75 Å². The Morgan fingerprint density at radius 1 is 1.48 bits per heavy atom. The van der Waals surface area contributed by atoms with Crippen LogP contribution in [0.25, 0.3) is 0 Å². The largest absolute Gasteiger partial charge is 0.494 e. The lowest BCUT2D eigenvalue weighted by molar-refractivity contribution is -0.122. The summed E-state index contributed by atoms with van der Waals surface area (Å²) in [5.41, 5.74) is 1.06. The summed E-state index contributed by atoms with van der Waals surface area (Å²) < 4.78 is 5.46. The number of rotatable bonds is 8. The highest BCUT2D eigenvalue weighted by Gasteiger charge is 2.30. The highest BCUT2D eigenvalue weighted by atomic mass is 16.5. The Hall–Kier alpha value is -1.55. The molecule has 0 saturated heterocycles. The second-order valence-electron chi connectivity index (χ2n) is 5.85. The average Bonchev–Trinajstić information content (AvgIpc) is 3.30. The normalized spacial score (nSPS) is 15.8. The molecule has 1 atom stereocenters. The molecule has 1 aliphatic rings. The Balaban J connectivity index is 1.76. The van der Waals surface area contributed by atoms with E-state index in [1.165, 1.54) is 12.8 Å². The van der Waals surface area contributed by atoms with E-state index in [4.69, 9.17) is 4.74 Å². The first-order valence-electron chi connectivity index (χ1n) is 7.78. The minimum absolute atomic E-state index is 0.0758. The van der Waals surface area contributed by atoms with Crippen LogP contribution in [0.15, 0.2) is 24.3 Å². The molecule has 1 amide bonds. The number of nitrogens with zero attached hydrogens (tertiary/aromatic N) is 1. The third-order valence-electron chi connectivity index (χ3n) is 4.09. The van der Waals surface area contributed by atoms with E-state index in [0.717, 1.165) is 17.2 Å². The van der Waals surface area contributed by atoms with Crippen molar-refractivity contribution >= 4 is 5.91 Å². The van der Waals surface area contributed by atoms with Gasteiger partial charge < -0.3 is 10.1 Å². The van der Waals surface area contributed by atoms with E-state index in [1.54, 1.807) is 0 Å². The molecule has 1 N–H and O–H groups in total. The Morgan fingerprint density at radius 3 is 2.90 bits per heavy atom. The molecule has 0 spiro atoms. The Bertz CT molecular complexity index is 472. The molecule has 4 heteroatoms. The zero-order chi connectivity index (χ0) is 15.2. The van der Waals surface area contributed by atoms with Gasteiger partial charge in [-0.3, -0.25) is 9.69 Å². The van der Waals surface area contributed by atoms with Gasteiger partial charge in [0, 0.05) is 12.6 Å². The quantitative estimate of drug-likeness (QED) is 0.799. The molecular weight excluding hydrogens is 264 g/mol. The number of ether oxygens (including phenoxy) is 1. The van der Waals surface area contributed by atoms with Gasteiger partial charge in [-0.25, -0.2) is 0 Å². The number of carbonyl (C=O) groups excluding carboxylic acids is 1. The summed E-state index contributed by atoms with van der Waals surface area (Å²) >= 11 is 0. The van der Waals surface area contributed by atoms with Gasteiger partial charge >= 0.3 is 0 Å². The average molecular weight is 290 g/mol. The van der Waals surface area contributed by atoms with Gasteiger partial charge in [0.1, 0.15) is 5.75 Å². The number of likely N-dealkylation sites (N-methyl/N-ethyl adjacent to an activating group) is 1. The lowest BCUT2D eigenvalue weighted by Gasteiger charge is -2.23. The SMILES string of the molecule is CCOc1cccc(CNC(=O)CN(C)C(C)C2CC2)c1. The number of amides is 1. The van der Waals surface area contributed by atoms with E-state index < -0.39 is 0 Å². The van der Waals surface area contributed by atoms with E-state index in [9.17, 15) is 4.79 Å². The number of carbonyl (C=O) groups is 1. The summed E-state index contributed by atoms with van der Waals surface area (Å²) in [7, 11) is 2.03. The third kappa shape index (κ3) is 5.05. The summed E-state index contributed by atoms with van der Waals surface area (Å²) in [4.78, 5) is 14.1. The van der Waals surface area contributed by atoms with Crippen LogP contribution >= 0.6 is 0 Å². The standard InChI is InChI=1S/C17H26N2O2/c1-4-21-16-7-5-6-14(10-16)11-18-17(20)12-19(3)13(2)15-8-9-15/h5-7,10,13,15H,4,8-9,11-12H2,1-3H3,(H,18,20). The fourth-order valence-electron chi connectivity index (χ4n) is 2.48. The first-order chi connectivity index (χ1) is 10.1. The van der Waals surface area contributed by atoms with Crippen LogP contribution < -0.4 is 10.1 Å². The predicted molar refractivity (Wildman–Crippen MR) is 84.3 cm³/mol.